The van der Waals surface area contributed by atoms with Crippen molar-refractivity contribution >= 4 is 24.9 Å². The van der Waals surface area contributed by atoms with Crippen LogP contribution in [0.15, 0.2) is 11.0 Å². The molecular formula is C10H14F2N4O5P+. The topological polar surface area (TPSA) is 147 Å². The summed E-state index contributed by atoms with van der Waals surface area (Å²) in [5.74, 6) is -1.10. The van der Waals surface area contributed by atoms with Crippen LogP contribution in [0.5, 0.6) is 0 Å². The van der Waals surface area contributed by atoms with Crippen molar-refractivity contribution in [3.05, 3.63) is 22.4 Å². The Labute approximate surface area is 122 Å². The molecule has 2 rings (SSSR count). The molecule has 22 heavy (non-hydrogen) atoms. The van der Waals surface area contributed by atoms with Gasteiger partial charge in [-0.3, -0.25) is 9.78 Å². The van der Waals surface area contributed by atoms with Crippen molar-refractivity contribution in [1.82, 2.24) is 14.5 Å². The number of rotatable bonds is 6. The van der Waals surface area contributed by atoms with Crippen LogP contribution < -0.4 is 11.3 Å². The van der Waals surface area contributed by atoms with E-state index < -0.39 is 38.4 Å². The summed E-state index contributed by atoms with van der Waals surface area (Å²) in [4.78, 5) is 44.0. The van der Waals surface area contributed by atoms with E-state index in [-0.39, 0.29) is 23.5 Å². The van der Waals surface area contributed by atoms with Gasteiger partial charge in [0.2, 0.25) is 12.3 Å². The largest absolute Gasteiger partial charge is 0.431 e. The molecule has 122 valence electrons. The molecule has 0 bridgehead atoms. The van der Waals surface area contributed by atoms with E-state index in [0.717, 1.165) is 10.8 Å². The van der Waals surface area contributed by atoms with Gasteiger partial charge in [0.1, 0.15) is 18.2 Å². The molecule has 9 nitrogen and oxygen atoms in total. The maximum Gasteiger partial charge on any atom is 0.431 e. The fraction of sp³-hybridized carbons (Fsp3) is 0.400. The Morgan fingerprint density at radius 3 is 2.77 bits per heavy atom. The Hall–Kier alpha value is -1.65. The first-order valence-corrected chi connectivity index (χ1v) is 7.82. The van der Waals surface area contributed by atoms with Gasteiger partial charge in [-0.05, 0) is 0 Å². The standard InChI is InChI=1S/C10H13F2N4O5P/c11-1-5(21-4-22(18,19)20)2-16-3-6(12)7-8(16)14-10(13)15-9(7)17/h3,5,18-20H,1-2,4H2,(H2-,13,14,15,17)/p+1. The van der Waals surface area contributed by atoms with Crippen molar-refractivity contribution in [3.63, 3.8) is 0 Å². The van der Waals surface area contributed by atoms with Gasteiger partial charge in [0, 0.05) is 6.20 Å². The number of alkyl halides is 1. The zero-order chi connectivity index (χ0) is 16.5. The third-order valence-corrected chi connectivity index (χ3v) is 3.25. The molecular weight excluding hydrogens is 325 g/mol. The maximum absolute atomic E-state index is 13.8. The van der Waals surface area contributed by atoms with E-state index in [9.17, 15) is 13.6 Å². The molecule has 0 amide bonds. The highest BCUT2D eigenvalue weighted by Crippen LogP contribution is 2.44. The number of ether oxygens (including phenoxy) is 1. The molecule has 1 atom stereocenters. The van der Waals surface area contributed by atoms with Gasteiger partial charge in [-0.25, -0.2) is 8.78 Å². The van der Waals surface area contributed by atoms with Crippen LogP contribution in [0.25, 0.3) is 11.0 Å². The number of hydrogen-bond donors (Lipinski definition) is 5. The molecule has 2 aromatic heterocycles. The zero-order valence-corrected chi connectivity index (χ0v) is 12.0. The normalized spacial score (nSPS) is 13.7. The predicted octanol–water partition coefficient (Wildman–Crippen LogP) is -0.502. The second-order valence-corrected chi connectivity index (χ2v) is 6.19. The number of aromatic nitrogens is 3. The molecule has 0 spiro atoms. The van der Waals surface area contributed by atoms with Crippen LogP contribution >= 0.6 is 7.94 Å². The van der Waals surface area contributed by atoms with E-state index in [4.69, 9.17) is 25.2 Å². The Bertz CT molecular complexity index is 728. The molecule has 2 heterocycles. The summed E-state index contributed by atoms with van der Waals surface area (Å²) in [6.45, 7) is -1.31. The molecule has 0 aliphatic heterocycles. The van der Waals surface area contributed by atoms with Gasteiger partial charge in [-0.1, -0.05) is 0 Å². The van der Waals surface area contributed by atoms with E-state index >= 15 is 0 Å². The van der Waals surface area contributed by atoms with Crippen molar-refractivity contribution < 1.29 is 28.2 Å². The monoisotopic (exact) mass is 339 g/mol. The molecule has 0 aromatic carbocycles. The molecule has 0 saturated heterocycles. The number of nitrogen functional groups attached to an aromatic ring is 1. The van der Waals surface area contributed by atoms with Gasteiger partial charge < -0.3 is 15.0 Å². The minimum absolute atomic E-state index is 0.0983. The number of nitrogens with one attached hydrogen (secondary N) is 1. The highest BCUT2D eigenvalue weighted by molar-refractivity contribution is 7.58. The number of hydrogen-bond acceptors (Lipinski definition) is 7. The summed E-state index contributed by atoms with van der Waals surface area (Å²) >= 11 is 0. The van der Waals surface area contributed by atoms with E-state index in [1.165, 1.54) is 0 Å². The minimum Gasteiger partial charge on any atom is -0.369 e. The van der Waals surface area contributed by atoms with Crippen molar-refractivity contribution in [1.29, 1.82) is 0 Å². The Balaban J connectivity index is 2.29. The number of nitrogens with zero attached hydrogens (tertiary/aromatic N) is 2. The van der Waals surface area contributed by atoms with Crippen molar-refractivity contribution in [3.8, 4) is 0 Å². The third kappa shape index (κ3) is 3.76. The lowest BCUT2D eigenvalue weighted by molar-refractivity contribution is 0.0406. The second kappa shape index (κ2) is 6.23. The van der Waals surface area contributed by atoms with Gasteiger partial charge >= 0.3 is 7.94 Å². The lowest BCUT2D eigenvalue weighted by Crippen LogP contribution is -2.24. The summed E-state index contributed by atoms with van der Waals surface area (Å²) in [7, 11) is -4.21. The summed E-state index contributed by atoms with van der Waals surface area (Å²) in [6.07, 6.45) is -1.14. The third-order valence-electron chi connectivity index (χ3n) is 2.75. The van der Waals surface area contributed by atoms with E-state index in [0.29, 0.717) is 0 Å². The fourth-order valence-corrected chi connectivity index (χ4v) is 2.28. The Morgan fingerprint density at radius 2 is 2.18 bits per heavy atom. The number of fused-ring (bicyclic) bond motifs is 1. The number of nitrogens with two attached hydrogens (primary N) is 1. The molecule has 2 aromatic rings. The summed E-state index contributed by atoms with van der Waals surface area (Å²) in [5, 5.41) is -0.333. The number of halogens is 2. The Morgan fingerprint density at radius 1 is 1.50 bits per heavy atom. The van der Waals surface area contributed by atoms with Crippen molar-refractivity contribution in [2.45, 2.75) is 12.6 Å². The molecule has 0 aliphatic carbocycles. The first-order chi connectivity index (χ1) is 10.2. The van der Waals surface area contributed by atoms with Crippen LogP contribution in [0.1, 0.15) is 0 Å². The first-order valence-electron chi connectivity index (χ1n) is 5.99. The molecule has 6 N–H and O–H groups in total. The van der Waals surface area contributed by atoms with Gasteiger partial charge in [0.25, 0.3) is 5.56 Å². The van der Waals surface area contributed by atoms with Gasteiger partial charge in [-0.15, -0.1) is 0 Å². The summed E-state index contributed by atoms with van der Waals surface area (Å²) in [5.41, 5.74) is 4.51. The predicted molar refractivity (Wildman–Crippen MR) is 74.0 cm³/mol. The highest BCUT2D eigenvalue weighted by Gasteiger charge is 2.32. The second-order valence-electron chi connectivity index (χ2n) is 4.54. The highest BCUT2D eigenvalue weighted by atomic mass is 31.2. The quantitative estimate of drug-likeness (QED) is 0.446. The van der Waals surface area contributed by atoms with Crippen molar-refractivity contribution in [2.24, 2.45) is 0 Å². The molecule has 0 aliphatic rings. The van der Waals surface area contributed by atoms with Crippen LogP contribution in [0.2, 0.25) is 0 Å². The number of anilines is 1. The van der Waals surface area contributed by atoms with Crippen LogP contribution in [0.4, 0.5) is 14.7 Å². The average Bonchev–Trinajstić information content (AvgIpc) is 2.69. The van der Waals surface area contributed by atoms with Crippen LogP contribution in [0, 0.1) is 5.82 Å². The molecule has 0 radical (unpaired) electrons. The summed E-state index contributed by atoms with van der Waals surface area (Å²) < 4.78 is 32.6. The first kappa shape index (κ1) is 16.7. The molecule has 0 fully saturated rings. The average molecular weight is 339 g/mol. The van der Waals surface area contributed by atoms with Gasteiger partial charge in [0.05, 0.1) is 6.54 Å². The van der Waals surface area contributed by atoms with Crippen molar-refractivity contribution in [2.75, 3.05) is 18.8 Å². The lowest BCUT2D eigenvalue weighted by atomic mass is 10.4. The number of H-pyrrole nitrogens is 1. The molecule has 12 heteroatoms. The zero-order valence-electron chi connectivity index (χ0n) is 11.1. The summed E-state index contributed by atoms with van der Waals surface area (Å²) in [6, 6.07) is 0. The smallest absolute Gasteiger partial charge is 0.369 e. The van der Waals surface area contributed by atoms with Crippen LogP contribution in [0.3, 0.4) is 0 Å². The van der Waals surface area contributed by atoms with Gasteiger partial charge in [0.15, 0.2) is 11.5 Å². The molecule has 1 unspecified atom stereocenters. The Kier molecular flexibility index (Phi) is 4.73. The fourth-order valence-electron chi connectivity index (χ4n) is 1.87. The minimum atomic E-state index is -4.21. The van der Waals surface area contributed by atoms with E-state index in [2.05, 4.69) is 9.97 Å². The van der Waals surface area contributed by atoms with E-state index in [1.807, 2.05) is 0 Å². The SMILES string of the molecule is Nc1nc2c(c(F)cn2CC(CF)OC[P+](O)(O)O)c(=O)[nH]1. The van der Waals surface area contributed by atoms with Crippen LogP contribution in [-0.4, -0.2) is 48.3 Å². The van der Waals surface area contributed by atoms with Gasteiger partial charge in [-0.2, -0.15) is 19.7 Å². The maximum atomic E-state index is 13.8. The van der Waals surface area contributed by atoms with Crippen LogP contribution in [-0.2, 0) is 11.3 Å². The number of aromatic amines is 1. The lowest BCUT2D eigenvalue weighted by Gasteiger charge is -2.15. The van der Waals surface area contributed by atoms with E-state index in [1.54, 1.807) is 0 Å². The molecule has 0 saturated carbocycles.